The summed E-state index contributed by atoms with van der Waals surface area (Å²) in [5.41, 5.74) is -0.464. The van der Waals surface area contributed by atoms with Gasteiger partial charge in [-0.25, -0.2) is 9.78 Å². The van der Waals surface area contributed by atoms with Gasteiger partial charge in [-0.1, -0.05) is 0 Å². The van der Waals surface area contributed by atoms with Crippen molar-refractivity contribution in [2.75, 3.05) is 5.32 Å². The van der Waals surface area contributed by atoms with Crippen LogP contribution in [-0.4, -0.2) is 16.7 Å². The molecule has 0 radical (unpaired) electrons. The average molecular weight is 240 g/mol. The first-order valence-corrected chi connectivity index (χ1v) is 6.21. The van der Waals surface area contributed by atoms with E-state index in [9.17, 15) is 4.79 Å². The Bertz CT molecular complexity index is 391. The van der Waals surface area contributed by atoms with Gasteiger partial charge in [-0.15, -0.1) is 11.3 Å². The van der Waals surface area contributed by atoms with E-state index in [1.165, 1.54) is 24.2 Å². The van der Waals surface area contributed by atoms with Gasteiger partial charge < -0.3 is 4.74 Å². The summed E-state index contributed by atoms with van der Waals surface area (Å²) in [6.07, 6.45) is 3.72. The second kappa shape index (κ2) is 4.05. The van der Waals surface area contributed by atoms with Crippen LogP contribution in [0.25, 0.3) is 0 Å². The fourth-order valence-corrected chi connectivity index (χ4v) is 2.24. The number of ether oxygens (including phenoxy) is 1. The number of thiazole rings is 1. The highest BCUT2D eigenvalue weighted by atomic mass is 32.1. The van der Waals surface area contributed by atoms with E-state index in [4.69, 9.17) is 4.74 Å². The van der Waals surface area contributed by atoms with E-state index in [1.807, 2.05) is 20.8 Å². The number of carbonyl (C=O) groups excluding carboxylic acids is 1. The first-order chi connectivity index (χ1) is 7.44. The van der Waals surface area contributed by atoms with Crippen LogP contribution in [0, 0.1) is 0 Å². The lowest BCUT2D eigenvalue weighted by atomic mass is 10.2. The van der Waals surface area contributed by atoms with Crippen LogP contribution in [0.2, 0.25) is 0 Å². The zero-order chi connectivity index (χ0) is 11.8. The maximum Gasteiger partial charge on any atom is 0.412 e. The zero-order valence-corrected chi connectivity index (χ0v) is 10.6. The number of hydrogen-bond donors (Lipinski definition) is 1. The maximum absolute atomic E-state index is 11.5. The fraction of sp³-hybridized carbons (Fsp3) is 0.636. The number of aromatic nitrogens is 1. The highest BCUT2D eigenvalue weighted by Crippen LogP contribution is 2.42. The molecule has 88 valence electrons. The molecule has 16 heavy (non-hydrogen) atoms. The quantitative estimate of drug-likeness (QED) is 0.862. The Balaban J connectivity index is 1.90. The van der Waals surface area contributed by atoms with Gasteiger partial charge in [-0.2, -0.15) is 0 Å². The van der Waals surface area contributed by atoms with E-state index in [0.29, 0.717) is 5.92 Å². The summed E-state index contributed by atoms with van der Waals surface area (Å²) in [6.45, 7) is 5.53. The molecule has 2 rings (SSSR count). The van der Waals surface area contributed by atoms with Crippen molar-refractivity contribution in [3.05, 3.63) is 11.2 Å². The lowest BCUT2D eigenvalue weighted by molar-refractivity contribution is 0.0636. The monoisotopic (exact) mass is 240 g/mol. The third-order valence-corrected chi connectivity index (χ3v) is 3.15. The second-order valence-corrected chi connectivity index (χ2v) is 6.03. The van der Waals surface area contributed by atoms with Gasteiger partial charge in [0.25, 0.3) is 0 Å². The standard InChI is InChI=1S/C11H16N2O2S/c1-11(2,3)15-10(14)13-8-6-12-9(16-8)7-4-5-7/h6-7H,4-5H2,1-3H3,(H,13,14). The van der Waals surface area contributed by atoms with Gasteiger partial charge >= 0.3 is 6.09 Å². The van der Waals surface area contributed by atoms with Crippen LogP contribution in [0.5, 0.6) is 0 Å². The van der Waals surface area contributed by atoms with Gasteiger partial charge in [-0.3, -0.25) is 5.32 Å². The Morgan fingerprint density at radius 1 is 1.56 bits per heavy atom. The molecule has 1 N–H and O–H groups in total. The van der Waals surface area contributed by atoms with Gasteiger partial charge in [-0.05, 0) is 33.6 Å². The molecule has 0 bridgehead atoms. The average Bonchev–Trinajstić information content (AvgIpc) is 2.85. The van der Waals surface area contributed by atoms with Crippen LogP contribution in [0.3, 0.4) is 0 Å². The third-order valence-electron chi connectivity index (χ3n) is 2.07. The molecule has 0 spiro atoms. The summed E-state index contributed by atoms with van der Waals surface area (Å²) >= 11 is 1.53. The fourth-order valence-electron chi connectivity index (χ4n) is 1.27. The van der Waals surface area contributed by atoms with Crippen LogP contribution in [0.15, 0.2) is 6.20 Å². The van der Waals surface area contributed by atoms with Crippen molar-refractivity contribution in [3.8, 4) is 0 Å². The molecule has 1 aliphatic rings. The first kappa shape index (κ1) is 11.4. The predicted octanol–water partition coefficient (Wildman–Crippen LogP) is 3.37. The largest absolute Gasteiger partial charge is 0.444 e. The summed E-state index contributed by atoms with van der Waals surface area (Å²) in [7, 11) is 0. The molecule has 1 saturated carbocycles. The number of carbonyl (C=O) groups is 1. The summed E-state index contributed by atoms with van der Waals surface area (Å²) in [5.74, 6) is 0.624. The highest BCUT2D eigenvalue weighted by molar-refractivity contribution is 7.16. The molecule has 0 aliphatic heterocycles. The molecule has 4 nitrogen and oxygen atoms in total. The van der Waals surface area contributed by atoms with E-state index in [-0.39, 0.29) is 0 Å². The van der Waals surface area contributed by atoms with E-state index in [1.54, 1.807) is 6.20 Å². The van der Waals surface area contributed by atoms with E-state index in [2.05, 4.69) is 10.3 Å². The van der Waals surface area contributed by atoms with Crippen molar-refractivity contribution >= 4 is 22.4 Å². The number of nitrogens with zero attached hydrogens (tertiary/aromatic N) is 1. The molecular weight excluding hydrogens is 224 g/mol. The Morgan fingerprint density at radius 3 is 2.81 bits per heavy atom. The molecule has 0 saturated heterocycles. The molecule has 5 heteroatoms. The summed E-state index contributed by atoms with van der Waals surface area (Å²) in [5, 5.41) is 4.57. The molecule has 1 aliphatic carbocycles. The van der Waals surface area contributed by atoms with Gasteiger partial charge in [0.15, 0.2) is 0 Å². The van der Waals surface area contributed by atoms with Crippen molar-refractivity contribution in [2.45, 2.75) is 45.1 Å². The molecule has 0 unspecified atom stereocenters. The Labute approximate surface area is 99.0 Å². The van der Waals surface area contributed by atoms with Gasteiger partial charge in [0, 0.05) is 5.92 Å². The van der Waals surface area contributed by atoms with Crippen LogP contribution in [0.1, 0.15) is 44.5 Å². The van der Waals surface area contributed by atoms with Crippen molar-refractivity contribution in [2.24, 2.45) is 0 Å². The second-order valence-electron chi connectivity index (χ2n) is 4.96. The Kier molecular flexibility index (Phi) is 2.88. The minimum Gasteiger partial charge on any atom is -0.444 e. The van der Waals surface area contributed by atoms with Crippen molar-refractivity contribution in [1.29, 1.82) is 0 Å². The van der Waals surface area contributed by atoms with Crippen molar-refractivity contribution in [1.82, 2.24) is 4.98 Å². The first-order valence-electron chi connectivity index (χ1n) is 5.40. The highest BCUT2D eigenvalue weighted by Gasteiger charge is 2.27. The molecular formula is C11H16N2O2S. The minimum absolute atomic E-state index is 0.418. The van der Waals surface area contributed by atoms with Crippen LogP contribution >= 0.6 is 11.3 Å². The number of amides is 1. The molecule has 1 amide bonds. The summed E-state index contributed by atoms with van der Waals surface area (Å²) < 4.78 is 5.16. The third kappa shape index (κ3) is 3.20. The topological polar surface area (TPSA) is 51.2 Å². The van der Waals surface area contributed by atoms with Crippen molar-refractivity contribution < 1.29 is 9.53 Å². The van der Waals surface area contributed by atoms with Crippen LogP contribution in [-0.2, 0) is 4.74 Å². The lowest BCUT2D eigenvalue weighted by Gasteiger charge is -2.19. The zero-order valence-electron chi connectivity index (χ0n) is 9.74. The van der Waals surface area contributed by atoms with Gasteiger partial charge in [0.2, 0.25) is 0 Å². The normalized spacial score (nSPS) is 15.9. The van der Waals surface area contributed by atoms with Gasteiger partial charge in [0.05, 0.1) is 11.2 Å². The van der Waals surface area contributed by atoms with Crippen LogP contribution < -0.4 is 5.32 Å². The molecule has 1 fully saturated rings. The molecule has 1 aromatic heterocycles. The van der Waals surface area contributed by atoms with Crippen molar-refractivity contribution in [3.63, 3.8) is 0 Å². The molecule has 1 heterocycles. The number of anilines is 1. The summed E-state index contributed by atoms with van der Waals surface area (Å²) in [6, 6.07) is 0. The molecule has 0 aromatic carbocycles. The molecule has 1 aromatic rings. The Morgan fingerprint density at radius 2 is 2.25 bits per heavy atom. The SMILES string of the molecule is CC(C)(C)OC(=O)Nc1cnc(C2CC2)s1. The minimum atomic E-state index is -0.464. The van der Waals surface area contributed by atoms with E-state index >= 15 is 0 Å². The maximum atomic E-state index is 11.5. The Hall–Kier alpha value is -1.10. The number of hydrogen-bond acceptors (Lipinski definition) is 4. The number of rotatable bonds is 2. The smallest absolute Gasteiger partial charge is 0.412 e. The number of nitrogens with one attached hydrogen (secondary N) is 1. The predicted molar refractivity (Wildman–Crippen MR) is 63.9 cm³/mol. The van der Waals surface area contributed by atoms with Crippen LogP contribution in [0.4, 0.5) is 9.80 Å². The van der Waals surface area contributed by atoms with E-state index < -0.39 is 11.7 Å². The summed E-state index contributed by atoms with van der Waals surface area (Å²) in [4.78, 5) is 15.7. The van der Waals surface area contributed by atoms with Gasteiger partial charge in [0.1, 0.15) is 10.6 Å². The van der Waals surface area contributed by atoms with E-state index in [0.717, 1.165) is 10.0 Å². The lowest BCUT2D eigenvalue weighted by Crippen LogP contribution is -2.26. The molecule has 0 atom stereocenters.